The third-order valence-electron chi connectivity index (χ3n) is 2.51. The second-order valence-corrected chi connectivity index (χ2v) is 3.88. The summed E-state index contributed by atoms with van der Waals surface area (Å²) in [7, 11) is 1.50. The minimum absolute atomic E-state index is 0.111. The van der Waals surface area contributed by atoms with Crippen LogP contribution in [0.1, 0.15) is 0 Å². The smallest absolute Gasteiger partial charge is 0.298 e. The number of nitro groups is 1. The van der Waals surface area contributed by atoms with Gasteiger partial charge in [0.15, 0.2) is 11.1 Å². The molecule has 1 aromatic heterocycles. The van der Waals surface area contributed by atoms with E-state index in [2.05, 4.69) is 10.3 Å². The zero-order valence-corrected chi connectivity index (χ0v) is 10.2. The third kappa shape index (κ3) is 2.80. The molecule has 0 amide bonds. The van der Waals surface area contributed by atoms with Crippen LogP contribution in [0, 0.1) is 10.1 Å². The first-order chi connectivity index (χ1) is 9.15. The number of anilines is 1. The molecule has 0 aliphatic heterocycles. The fourth-order valence-electron chi connectivity index (χ4n) is 1.66. The van der Waals surface area contributed by atoms with Crippen LogP contribution in [-0.2, 0) is 4.74 Å². The van der Waals surface area contributed by atoms with Crippen molar-refractivity contribution in [1.82, 2.24) is 4.98 Å². The Balaban J connectivity index is 2.31. The fraction of sp³-hybridized carbons (Fsp3) is 0.364. The quantitative estimate of drug-likeness (QED) is 0.596. The third-order valence-corrected chi connectivity index (χ3v) is 2.51. The summed E-state index contributed by atoms with van der Waals surface area (Å²) in [5.41, 5.74) is 0.358. The monoisotopic (exact) mass is 267 g/mol. The average molecular weight is 267 g/mol. The lowest BCUT2D eigenvalue weighted by atomic mass is 10.3. The van der Waals surface area contributed by atoms with Crippen molar-refractivity contribution in [2.24, 2.45) is 0 Å². The van der Waals surface area contributed by atoms with Crippen molar-refractivity contribution in [2.45, 2.75) is 6.04 Å². The van der Waals surface area contributed by atoms with Crippen LogP contribution >= 0.6 is 0 Å². The maximum atomic E-state index is 10.8. The minimum Gasteiger partial charge on any atom is -0.423 e. The van der Waals surface area contributed by atoms with Crippen LogP contribution in [0.4, 0.5) is 11.7 Å². The molecule has 1 atom stereocenters. The molecular weight excluding hydrogens is 254 g/mol. The number of non-ortho nitro benzene ring substituents is 1. The van der Waals surface area contributed by atoms with E-state index in [-0.39, 0.29) is 30.4 Å². The summed E-state index contributed by atoms with van der Waals surface area (Å²) in [6.45, 7) is 0.0893. The summed E-state index contributed by atoms with van der Waals surface area (Å²) in [5, 5.41) is 22.8. The lowest BCUT2D eigenvalue weighted by Gasteiger charge is -2.12. The molecule has 0 aliphatic carbocycles. The van der Waals surface area contributed by atoms with E-state index in [0.29, 0.717) is 5.58 Å². The summed E-state index contributed by atoms with van der Waals surface area (Å²) in [6, 6.07) is 4.18. The van der Waals surface area contributed by atoms with E-state index in [1.54, 1.807) is 6.07 Å². The number of nitrogens with zero attached hydrogens (tertiary/aromatic N) is 2. The van der Waals surface area contributed by atoms with Crippen LogP contribution in [0.25, 0.3) is 11.1 Å². The number of oxazole rings is 1. The lowest BCUT2D eigenvalue weighted by molar-refractivity contribution is -0.383. The molecule has 8 heteroatoms. The number of aromatic nitrogens is 1. The topological polar surface area (TPSA) is 111 Å². The van der Waals surface area contributed by atoms with Crippen LogP contribution in [0.5, 0.6) is 0 Å². The highest BCUT2D eigenvalue weighted by atomic mass is 16.6. The predicted molar refractivity (Wildman–Crippen MR) is 67.0 cm³/mol. The van der Waals surface area contributed by atoms with E-state index in [9.17, 15) is 10.1 Å². The molecular formula is C11H13N3O5. The molecule has 1 aromatic carbocycles. The Labute approximate surface area is 108 Å². The zero-order chi connectivity index (χ0) is 13.8. The second-order valence-electron chi connectivity index (χ2n) is 3.88. The predicted octanol–water partition coefficient (Wildman–Crippen LogP) is 1.16. The summed E-state index contributed by atoms with van der Waals surface area (Å²) in [6.07, 6.45) is 0. The van der Waals surface area contributed by atoms with E-state index in [1.165, 1.54) is 19.2 Å². The van der Waals surface area contributed by atoms with E-state index < -0.39 is 11.0 Å². The first kappa shape index (κ1) is 13.2. The Bertz CT molecular complexity index is 583. The molecule has 0 radical (unpaired) electrons. The molecule has 2 rings (SSSR count). The van der Waals surface area contributed by atoms with Crippen molar-refractivity contribution in [2.75, 3.05) is 25.6 Å². The molecule has 2 aromatic rings. The van der Waals surface area contributed by atoms with Crippen molar-refractivity contribution in [1.29, 1.82) is 0 Å². The van der Waals surface area contributed by atoms with Crippen LogP contribution < -0.4 is 5.32 Å². The normalized spacial score (nSPS) is 12.5. The van der Waals surface area contributed by atoms with E-state index in [1.807, 2.05) is 0 Å². The van der Waals surface area contributed by atoms with E-state index in [4.69, 9.17) is 14.3 Å². The Morgan fingerprint density at radius 1 is 1.63 bits per heavy atom. The summed E-state index contributed by atoms with van der Waals surface area (Å²) < 4.78 is 10.2. The van der Waals surface area contributed by atoms with Gasteiger partial charge in [-0.05, 0) is 6.07 Å². The van der Waals surface area contributed by atoms with Gasteiger partial charge in [-0.15, -0.1) is 0 Å². The van der Waals surface area contributed by atoms with Crippen molar-refractivity contribution in [3.05, 3.63) is 28.3 Å². The number of nitro benzene ring substituents is 1. The van der Waals surface area contributed by atoms with Gasteiger partial charge in [-0.25, -0.2) is 0 Å². The lowest BCUT2D eigenvalue weighted by Crippen LogP contribution is -2.28. The Hall–Kier alpha value is -2.19. The number of aliphatic hydroxyl groups is 1. The molecule has 0 bridgehead atoms. The molecule has 0 saturated carbocycles. The largest absolute Gasteiger partial charge is 0.423 e. The number of nitrogens with one attached hydrogen (secondary N) is 1. The van der Waals surface area contributed by atoms with Gasteiger partial charge in [0.25, 0.3) is 11.7 Å². The first-order valence-corrected chi connectivity index (χ1v) is 5.56. The molecule has 1 heterocycles. The van der Waals surface area contributed by atoms with Gasteiger partial charge in [0, 0.05) is 13.2 Å². The number of hydrogen-bond acceptors (Lipinski definition) is 7. The van der Waals surface area contributed by atoms with Gasteiger partial charge in [-0.1, -0.05) is 6.07 Å². The number of methoxy groups -OCH3 is 1. The highest BCUT2D eigenvalue weighted by Gasteiger charge is 2.18. The standard InChI is InChI=1S/C11H13N3O5/c1-18-6-7(5-15)12-11-13-10-8(14(16)17)3-2-4-9(10)19-11/h2-4,7,15H,5-6H2,1H3,(H,12,13). The minimum atomic E-state index is -0.521. The molecule has 0 spiro atoms. The van der Waals surface area contributed by atoms with Crippen molar-refractivity contribution < 1.29 is 19.2 Å². The number of aliphatic hydroxyl groups excluding tert-OH is 1. The molecule has 8 nitrogen and oxygen atoms in total. The van der Waals surface area contributed by atoms with Crippen LogP contribution in [0.2, 0.25) is 0 Å². The zero-order valence-electron chi connectivity index (χ0n) is 10.2. The Morgan fingerprint density at radius 2 is 2.42 bits per heavy atom. The molecule has 102 valence electrons. The summed E-state index contributed by atoms with van der Waals surface area (Å²) in [4.78, 5) is 14.3. The van der Waals surface area contributed by atoms with Gasteiger partial charge in [-0.2, -0.15) is 4.98 Å². The van der Waals surface area contributed by atoms with Crippen molar-refractivity contribution in [3.8, 4) is 0 Å². The number of hydrogen-bond donors (Lipinski definition) is 2. The summed E-state index contributed by atoms with van der Waals surface area (Å²) in [5.74, 6) is 0. The van der Waals surface area contributed by atoms with Crippen molar-refractivity contribution in [3.63, 3.8) is 0 Å². The summed E-state index contributed by atoms with van der Waals surface area (Å²) >= 11 is 0. The Morgan fingerprint density at radius 3 is 3.05 bits per heavy atom. The number of rotatable bonds is 6. The maximum absolute atomic E-state index is 10.8. The van der Waals surface area contributed by atoms with Crippen molar-refractivity contribution >= 4 is 22.8 Å². The molecule has 19 heavy (non-hydrogen) atoms. The average Bonchev–Trinajstić information content (AvgIpc) is 2.79. The highest BCUT2D eigenvalue weighted by Crippen LogP contribution is 2.27. The van der Waals surface area contributed by atoms with Crippen LogP contribution in [0.15, 0.2) is 22.6 Å². The second kappa shape index (κ2) is 5.63. The Kier molecular flexibility index (Phi) is 3.93. The molecule has 0 saturated heterocycles. The molecule has 0 fully saturated rings. The van der Waals surface area contributed by atoms with Gasteiger partial charge >= 0.3 is 0 Å². The SMILES string of the molecule is COCC(CO)Nc1nc2c([N+](=O)[O-])cccc2o1. The number of benzene rings is 1. The molecule has 2 N–H and O–H groups in total. The van der Waals surface area contributed by atoms with Gasteiger partial charge in [0.05, 0.1) is 24.2 Å². The molecule has 0 aliphatic rings. The number of para-hydroxylation sites is 1. The highest BCUT2D eigenvalue weighted by molar-refractivity contribution is 5.84. The first-order valence-electron chi connectivity index (χ1n) is 5.56. The molecule has 1 unspecified atom stereocenters. The number of fused-ring (bicyclic) bond motifs is 1. The van der Waals surface area contributed by atoms with E-state index >= 15 is 0 Å². The van der Waals surface area contributed by atoms with Crippen LogP contribution in [-0.4, -0.2) is 41.4 Å². The van der Waals surface area contributed by atoms with E-state index in [0.717, 1.165) is 0 Å². The fourth-order valence-corrected chi connectivity index (χ4v) is 1.66. The van der Waals surface area contributed by atoms with Gasteiger partial charge < -0.3 is 19.6 Å². The maximum Gasteiger partial charge on any atom is 0.298 e. The van der Waals surface area contributed by atoms with Gasteiger partial charge in [-0.3, -0.25) is 10.1 Å². The van der Waals surface area contributed by atoms with Gasteiger partial charge in [0.1, 0.15) is 0 Å². The number of ether oxygens (including phenoxy) is 1. The van der Waals surface area contributed by atoms with Gasteiger partial charge in [0.2, 0.25) is 0 Å². The van der Waals surface area contributed by atoms with Crippen LogP contribution in [0.3, 0.4) is 0 Å².